The standard InChI is InChI=1S/C31H37N3O5S/c1-4-22-13-10-14-24(17-22)31(15-8-9-16-31)18-26-32-29(35)28(39-20-23-11-6-5-7-12-23)27-30(36)33(2)25(19-34(26)27)21-40(3,37)38/h5-7,10-14,17,25H,4,8-9,15-16,18-21H2,1-3H3/t25-/m1/s1. The number of hydrogen-bond donors (Lipinski definition) is 0. The molecule has 40 heavy (non-hydrogen) atoms. The van der Waals surface area contributed by atoms with Crippen LogP contribution in [0.3, 0.4) is 0 Å². The molecule has 9 heteroatoms. The van der Waals surface area contributed by atoms with Gasteiger partial charge in [0.1, 0.15) is 22.3 Å². The minimum absolute atomic E-state index is 0.0873. The summed E-state index contributed by atoms with van der Waals surface area (Å²) in [7, 11) is -1.78. The molecule has 2 aliphatic rings. The third kappa shape index (κ3) is 5.70. The molecular weight excluding hydrogens is 526 g/mol. The molecular formula is C31H37N3O5S. The van der Waals surface area contributed by atoms with Crippen molar-refractivity contribution in [2.24, 2.45) is 0 Å². The van der Waals surface area contributed by atoms with Gasteiger partial charge in [-0.25, -0.2) is 8.42 Å². The predicted octanol–water partition coefficient (Wildman–Crippen LogP) is 3.94. The molecule has 1 fully saturated rings. The molecule has 1 amide bonds. The number of amides is 1. The zero-order valence-corrected chi connectivity index (χ0v) is 24.2. The first-order valence-corrected chi connectivity index (χ1v) is 16.0. The second-order valence-electron chi connectivity index (χ2n) is 11.3. The van der Waals surface area contributed by atoms with E-state index in [0.29, 0.717) is 12.2 Å². The average Bonchev–Trinajstić information content (AvgIpc) is 3.41. The molecule has 0 spiro atoms. The highest BCUT2D eigenvalue weighted by Crippen LogP contribution is 2.44. The fraction of sp³-hybridized carbons (Fsp3) is 0.452. The van der Waals surface area contributed by atoms with Crippen molar-refractivity contribution in [1.29, 1.82) is 0 Å². The molecule has 3 aromatic rings. The van der Waals surface area contributed by atoms with Crippen LogP contribution in [0.1, 0.15) is 65.6 Å². The van der Waals surface area contributed by atoms with E-state index in [2.05, 4.69) is 36.2 Å². The quantitative estimate of drug-likeness (QED) is 0.391. The molecule has 0 bridgehead atoms. The van der Waals surface area contributed by atoms with E-state index in [1.165, 1.54) is 22.3 Å². The van der Waals surface area contributed by atoms with Crippen molar-refractivity contribution in [2.45, 2.75) is 70.1 Å². The van der Waals surface area contributed by atoms with Crippen molar-refractivity contribution in [1.82, 2.24) is 14.5 Å². The van der Waals surface area contributed by atoms with Crippen LogP contribution in [-0.2, 0) is 41.2 Å². The summed E-state index contributed by atoms with van der Waals surface area (Å²) in [5.41, 5.74) is 2.70. The van der Waals surface area contributed by atoms with Gasteiger partial charge < -0.3 is 14.2 Å². The van der Waals surface area contributed by atoms with Gasteiger partial charge in [-0.3, -0.25) is 9.59 Å². The van der Waals surface area contributed by atoms with Crippen LogP contribution < -0.4 is 10.3 Å². The predicted molar refractivity (Wildman–Crippen MR) is 155 cm³/mol. The number of fused-ring (bicyclic) bond motifs is 1. The van der Waals surface area contributed by atoms with Crippen LogP contribution in [0.25, 0.3) is 0 Å². The summed E-state index contributed by atoms with van der Waals surface area (Å²) in [5.74, 6) is -0.187. The summed E-state index contributed by atoms with van der Waals surface area (Å²) in [6.45, 7) is 2.47. The molecule has 212 valence electrons. The Morgan fingerprint density at radius 3 is 2.40 bits per heavy atom. The number of rotatable bonds is 9. The van der Waals surface area contributed by atoms with E-state index < -0.39 is 27.3 Å². The highest BCUT2D eigenvalue weighted by Gasteiger charge is 2.41. The lowest BCUT2D eigenvalue weighted by atomic mass is 9.75. The minimum Gasteiger partial charge on any atom is -0.481 e. The molecule has 0 unspecified atom stereocenters. The molecule has 0 radical (unpaired) electrons. The number of benzene rings is 2. The number of aryl methyl sites for hydroxylation is 1. The van der Waals surface area contributed by atoms with Gasteiger partial charge in [0.25, 0.3) is 5.91 Å². The number of aromatic nitrogens is 2. The van der Waals surface area contributed by atoms with E-state index >= 15 is 0 Å². The number of likely N-dealkylation sites (N-methyl/N-ethyl adjacent to an activating group) is 1. The van der Waals surface area contributed by atoms with Gasteiger partial charge in [-0.1, -0.05) is 74.4 Å². The van der Waals surface area contributed by atoms with Crippen molar-refractivity contribution >= 4 is 15.7 Å². The summed E-state index contributed by atoms with van der Waals surface area (Å²) in [4.78, 5) is 33.2. The largest absolute Gasteiger partial charge is 0.481 e. The summed E-state index contributed by atoms with van der Waals surface area (Å²) in [6.07, 6.45) is 6.65. The molecule has 0 N–H and O–H groups in total. The number of ether oxygens (including phenoxy) is 1. The molecule has 2 heterocycles. The van der Waals surface area contributed by atoms with E-state index in [-0.39, 0.29) is 35.8 Å². The maximum atomic E-state index is 13.8. The van der Waals surface area contributed by atoms with Crippen LogP contribution in [0.4, 0.5) is 0 Å². The van der Waals surface area contributed by atoms with E-state index in [4.69, 9.17) is 4.74 Å². The van der Waals surface area contributed by atoms with Crippen LogP contribution in [0, 0.1) is 0 Å². The van der Waals surface area contributed by atoms with Crippen LogP contribution in [0.15, 0.2) is 59.4 Å². The Morgan fingerprint density at radius 2 is 1.73 bits per heavy atom. The monoisotopic (exact) mass is 563 g/mol. The van der Waals surface area contributed by atoms with Crippen molar-refractivity contribution in [3.05, 3.63) is 93.2 Å². The summed E-state index contributed by atoms with van der Waals surface area (Å²) < 4.78 is 32.3. The Morgan fingerprint density at radius 1 is 1.02 bits per heavy atom. The molecule has 1 atom stereocenters. The second kappa shape index (κ2) is 11.2. The zero-order chi connectivity index (χ0) is 28.5. The van der Waals surface area contributed by atoms with Gasteiger partial charge in [0.05, 0.1) is 11.8 Å². The van der Waals surface area contributed by atoms with Crippen molar-refractivity contribution < 1.29 is 17.9 Å². The molecule has 1 aliphatic heterocycles. The molecule has 1 aromatic heterocycles. The molecule has 0 saturated heterocycles. The third-order valence-electron chi connectivity index (χ3n) is 8.41. The fourth-order valence-electron chi connectivity index (χ4n) is 6.21. The Bertz CT molecular complexity index is 1560. The smallest absolute Gasteiger partial charge is 0.316 e. The first-order valence-electron chi connectivity index (χ1n) is 13.9. The van der Waals surface area contributed by atoms with E-state index in [9.17, 15) is 18.0 Å². The van der Waals surface area contributed by atoms with Gasteiger partial charge in [-0.2, -0.15) is 4.98 Å². The zero-order valence-electron chi connectivity index (χ0n) is 23.4. The van der Waals surface area contributed by atoms with Gasteiger partial charge in [-0.05, 0) is 36.0 Å². The van der Waals surface area contributed by atoms with E-state index in [0.717, 1.165) is 37.7 Å². The lowest BCUT2D eigenvalue weighted by molar-refractivity contribution is 0.0660. The first kappa shape index (κ1) is 28.1. The normalized spacial score (nSPS) is 18.5. The Kier molecular flexibility index (Phi) is 7.86. The topological polar surface area (TPSA) is 98.6 Å². The van der Waals surface area contributed by atoms with Crippen molar-refractivity contribution in [3.63, 3.8) is 0 Å². The van der Waals surface area contributed by atoms with Gasteiger partial charge >= 0.3 is 5.56 Å². The molecule has 2 aromatic carbocycles. The highest BCUT2D eigenvalue weighted by atomic mass is 32.2. The third-order valence-corrected chi connectivity index (χ3v) is 9.40. The maximum absolute atomic E-state index is 13.8. The van der Waals surface area contributed by atoms with Crippen LogP contribution in [0.5, 0.6) is 5.75 Å². The number of nitrogens with zero attached hydrogens (tertiary/aromatic N) is 3. The Hall–Kier alpha value is -3.46. The van der Waals surface area contributed by atoms with Gasteiger partial charge in [0, 0.05) is 31.7 Å². The van der Waals surface area contributed by atoms with Crippen molar-refractivity contribution in [3.8, 4) is 5.75 Å². The summed E-state index contributed by atoms with van der Waals surface area (Å²) in [6, 6.07) is 17.5. The molecule has 1 aliphatic carbocycles. The number of carbonyl (C=O) groups is 1. The van der Waals surface area contributed by atoms with E-state index in [1.807, 2.05) is 30.3 Å². The SMILES string of the molecule is CCc1cccc(C2(Cc3nc(=O)c(OCc4ccccc4)c4n3C[C@H](CS(C)(=O)=O)N(C)C4=O)CCCC2)c1. The van der Waals surface area contributed by atoms with Gasteiger partial charge in [-0.15, -0.1) is 0 Å². The van der Waals surface area contributed by atoms with Gasteiger partial charge in [0.2, 0.25) is 5.75 Å². The van der Waals surface area contributed by atoms with Crippen LogP contribution >= 0.6 is 0 Å². The Balaban J connectivity index is 1.61. The lowest BCUT2D eigenvalue weighted by Gasteiger charge is -2.38. The average molecular weight is 564 g/mol. The summed E-state index contributed by atoms with van der Waals surface area (Å²) in [5, 5.41) is 0. The number of sulfone groups is 1. The lowest BCUT2D eigenvalue weighted by Crippen LogP contribution is -2.51. The summed E-state index contributed by atoms with van der Waals surface area (Å²) >= 11 is 0. The molecule has 8 nitrogen and oxygen atoms in total. The van der Waals surface area contributed by atoms with E-state index in [1.54, 1.807) is 11.6 Å². The second-order valence-corrected chi connectivity index (χ2v) is 13.5. The fourth-order valence-corrected chi connectivity index (χ4v) is 7.24. The maximum Gasteiger partial charge on any atom is 0.316 e. The highest BCUT2D eigenvalue weighted by molar-refractivity contribution is 7.90. The molecule has 1 saturated carbocycles. The minimum atomic E-state index is -3.37. The van der Waals surface area contributed by atoms with Gasteiger partial charge in [0.15, 0.2) is 5.69 Å². The Labute approximate surface area is 235 Å². The number of hydrogen-bond acceptors (Lipinski definition) is 6. The van der Waals surface area contributed by atoms with Crippen LogP contribution in [0.2, 0.25) is 0 Å². The molecule has 5 rings (SSSR count). The van der Waals surface area contributed by atoms with Crippen LogP contribution in [-0.4, -0.2) is 53.9 Å². The first-order chi connectivity index (χ1) is 19.1. The number of carbonyl (C=O) groups excluding carboxylic acids is 1. The van der Waals surface area contributed by atoms with Crippen molar-refractivity contribution in [2.75, 3.05) is 19.1 Å².